The first kappa shape index (κ1) is 24.3. The fourth-order valence-electron chi connectivity index (χ4n) is 1.91. The zero-order valence-corrected chi connectivity index (χ0v) is 15.9. The van der Waals surface area contributed by atoms with Crippen molar-refractivity contribution in [3.8, 4) is 0 Å². The summed E-state index contributed by atoms with van der Waals surface area (Å²) in [5.74, 6) is -4.06. The van der Waals surface area contributed by atoms with E-state index in [0.29, 0.717) is 0 Å². The van der Waals surface area contributed by atoms with Crippen LogP contribution in [0.4, 0.5) is 0 Å². The van der Waals surface area contributed by atoms with Gasteiger partial charge in [-0.15, -0.1) is 0 Å². The zero-order chi connectivity index (χ0) is 21.3. The molecule has 0 bridgehead atoms. The van der Waals surface area contributed by atoms with Crippen LogP contribution in [0.1, 0.15) is 40.5 Å². The van der Waals surface area contributed by atoms with E-state index in [1.165, 1.54) is 13.8 Å². The molecule has 11 nitrogen and oxygen atoms in total. The van der Waals surface area contributed by atoms with Gasteiger partial charge in [-0.25, -0.2) is 0 Å². The molecule has 0 fully saturated rings. The number of carboxylic acid groups (broad SMARTS) is 1. The summed E-state index contributed by atoms with van der Waals surface area (Å²) < 4.78 is 0. The summed E-state index contributed by atoms with van der Waals surface area (Å²) in [5, 5.41) is 15.8. The van der Waals surface area contributed by atoms with Crippen LogP contribution in [0.2, 0.25) is 0 Å². The summed E-state index contributed by atoms with van der Waals surface area (Å²) in [4.78, 5) is 58.2. The van der Waals surface area contributed by atoms with Crippen molar-refractivity contribution in [2.75, 3.05) is 0 Å². The van der Waals surface area contributed by atoms with Gasteiger partial charge in [0.05, 0.1) is 6.04 Å². The highest BCUT2D eigenvalue weighted by atomic mass is 16.4. The van der Waals surface area contributed by atoms with Crippen molar-refractivity contribution < 1.29 is 29.1 Å². The van der Waals surface area contributed by atoms with E-state index in [4.69, 9.17) is 16.6 Å². The van der Waals surface area contributed by atoms with Gasteiger partial charge in [0.15, 0.2) is 0 Å². The van der Waals surface area contributed by atoms with Gasteiger partial charge in [0.2, 0.25) is 23.6 Å². The smallest absolute Gasteiger partial charge is 0.325 e. The molecular weight excluding hydrogens is 358 g/mol. The maximum absolute atomic E-state index is 12.4. The Morgan fingerprint density at radius 3 is 1.81 bits per heavy atom. The SMILES string of the molecule is CC(C)[C@H](N)C(=O)N[C@@H](CCC(N)=O)C(=O)N[C@@H](C)C(=O)N[C@@H](C)C(=O)O. The molecule has 0 rings (SSSR count). The predicted molar refractivity (Wildman–Crippen MR) is 96.0 cm³/mol. The zero-order valence-electron chi connectivity index (χ0n) is 15.9. The van der Waals surface area contributed by atoms with Crippen LogP contribution in [0.15, 0.2) is 0 Å². The molecule has 0 aromatic carbocycles. The number of hydrogen-bond acceptors (Lipinski definition) is 6. The van der Waals surface area contributed by atoms with Crippen molar-refractivity contribution in [2.45, 2.75) is 64.7 Å². The lowest BCUT2D eigenvalue weighted by molar-refractivity contribution is -0.141. The highest BCUT2D eigenvalue weighted by Gasteiger charge is 2.28. The Balaban J connectivity index is 5.01. The Morgan fingerprint density at radius 2 is 1.37 bits per heavy atom. The summed E-state index contributed by atoms with van der Waals surface area (Å²) in [6.45, 7) is 6.10. The predicted octanol–water partition coefficient (Wildman–Crippen LogP) is -2.19. The lowest BCUT2D eigenvalue weighted by Crippen LogP contribution is -2.56. The molecule has 0 heterocycles. The van der Waals surface area contributed by atoms with Crippen molar-refractivity contribution in [1.82, 2.24) is 16.0 Å². The first-order valence-electron chi connectivity index (χ1n) is 8.54. The lowest BCUT2D eigenvalue weighted by Gasteiger charge is -2.23. The van der Waals surface area contributed by atoms with Gasteiger partial charge in [-0.2, -0.15) is 0 Å². The molecule has 0 saturated heterocycles. The van der Waals surface area contributed by atoms with Gasteiger partial charge < -0.3 is 32.5 Å². The summed E-state index contributed by atoms with van der Waals surface area (Å²) in [7, 11) is 0. The molecule has 11 heteroatoms. The molecule has 0 aromatic heterocycles. The van der Waals surface area contributed by atoms with Crippen molar-refractivity contribution in [1.29, 1.82) is 0 Å². The van der Waals surface area contributed by atoms with Crippen LogP contribution in [0.5, 0.6) is 0 Å². The number of aliphatic carboxylic acids is 1. The number of rotatable bonds is 11. The fourth-order valence-corrected chi connectivity index (χ4v) is 1.91. The molecule has 0 aliphatic rings. The number of nitrogens with one attached hydrogen (secondary N) is 3. The number of carboxylic acids is 1. The van der Waals surface area contributed by atoms with Crippen LogP contribution in [0, 0.1) is 5.92 Å². The van der Waals surface area contributed by atoms with Crippen LogP contribution in [-0.2, 0) is 24.0 Å². The monoisotopic (exact) mass is 387 g/mol. The van der Waals surface area contributed by atoms with Crippen LogP contribution >= 0.6 is 0 Å². The summed E-state index contributed by atoms with van der Waals surface area (Å²) >= 11 is 0. The number of amides is 4. The maximum atomic E-state index is 12.4. The average molecular weight is 387 g/mol. The van der Waals surface area contributed by atoms with E-state index in [-0.39, 0.29) is 18.8 Å². The quantitative estimate of drug-likeness (QED) is 0.232. The minimum atomic E-state index is -1.23. The Bertz CT molecular complexity index is 580. The summed E-state index contributed by atoms with van der Waals surface area (Å²) in [5.41, 5.74) is 10.8. The largest absolute Gasteiger partial charge is 0.480 e. The van der Waals surface area contributed by atoms with Gasteiger partial charge in [-0.05, 0) is 26.2 Å². The van der Waals surface area contributed by atoms with Crippen molar-refractivity contribution >= 4 is 29.6 Å². The second kappa shape index (κ2) is 11.1. The van der Waals surface area contributed by atoms with E-state index >= 15 is 0 Å². The van der Waals surface area contributed by atoms with Crippen molar-refractivity contribution in [3.05, 3.63) is 0 Å². The van der Waals surface area contributed by atoms with E-state index in [1.807, 2.05) is 0 Å². The summed E-state index contributed by atoms with van der Waals surface area (Å²) in [6.07, 6.45) is -0.233. The highest BCUT2D eigenvalue weighted by Crippen LogP contribution is 2.03. The fraction of sp³-hybridized carbons (Fsp3) is 0.688. The van der Waals surface area contributed by atoms with Crippen LogP contribution in [0.25, 0.3) is 0 Å². The summed E-state index contributed by atoms with van der Waals surface area (Å²) in [6, 6.07) is -4.18. The second-order valence-corrected chi connectivity index (χ2v) is 6.63. The van der Waals surface area contributed by atoms with Gasteiger partial charge in [0.1, 0.15) is 18.1 Å². The minimum absolute atomic E-state index is 0.0718. The molecule has 0 unspecified atom stereocenters. The number of carbonyl (C=O) groups is 5. The van der Waals surface area contributed by atoms with Crippen LogP contribution in [0.3, 0.4) is 0 Å². The normalized spacial score (nSPS) is 15.2. The highest BCUT2D eigenvalue weighted by molar-refractivity contribution is 5.94. The molecule has 0 spiro atoms. The molecule has 154 valence electrons. The van der Waals surface area contributed by atoms with Crippen molar-refractivity contribution in [3.63, 3.8) is 0 Å². The Morgan fingerprint density at radius 1 is 0.852 bits per heavy atom. The topological polar surface area (TPSA) is 194 Å². The first-order valence-corrected chi connectivity index (χ1v) is 8.54. The molecular formula is C16H29N5O6. The Kier molecular flexibility index (Phi) is 10.0. The van der Waals surface area contributed by atoms with Gasteiger partial charge >= 0.3 is 5.97 Å². The standard InChI is InChI=1S/C16H29N5O6/c1-7(2)12(18)15(25)21-10(5-6-11(17)22)14(24)19-8(3)13(23)20-9(4)16(26)27/h7-10,12H,5-6,18H2,1-4H3,(H2,17,22)(H,19,24)(H,20,23)(H,21,25)(H,26,27)/t8-,9-,10-,12-/m0/s1. The van der Waals surface area contributed by atoms with Crippen LogP contribution in [-0.4, -0.2) is 58.9 Å². The maximum Gasteiger partial charge on any atom is 0.325 e. The van der Waals surface area contributed by atoms with E-state index in [0.717, 1.165) is 0 Å². The van der Waals surface area contributed by atoms with Gasteiger partial charge in [-0.1, -0.05) is 13.8 Å². The van der Waals surface area contributed by atoms with Crippen molar-refractivity contribution in [2.24, 2.45) is 17.4 Å². The van der Waals surface area contributed by atoms with Crippen LogP contribution < -0.4 is 27.4 Å². The molecule has 4 atom stereocenters. The third-order valence-corrected chi connectivity index (χ3v) is 3.81. The average Bonchev–Trinajstić information content (AvgIpc) is 2.56. The van der Waals surface area contributed by atoms with E-state index in [1.54, 1.807) is 13.8 Å². The van der Waals surface area contributed by atoms with E-state index in [2.05, 4.69) is 16.0 Å². The van der Waals surface area contributed by atoms with Gasteiger partial charge in [0, 0.05) is 6.42 Å². The van der Waals surface area contributed by atoms with E-state index in [9.17, 15) is 24.0 Å². The third kappa shape index (κ3) is 8.99. The number of hydrogen-bond donors (Lipinski definition) is 6. The third-order valence-electron chi connectivity index (χ3n) is 3.81. The molecule has 4 amide bonds. The molecule has 8 N–H and O–H groups in total. The Hall–Kier alpha value is -2.69. The molecule has 0 aliphatic heterocycles. The first-order chi connectivity index (χ1) is 12.4. The second-order valence-electron chi connectivity index (χ2n) is 6.63. The van der Waals surface area contributed by atoms with E-state index < -0.39 is 53.8 Å². The lowest BCUT2D eigenvalue weighted by atomic mass is 10.0. The van der Waals surface area contributed by atoms with Gasteiger partial charge in [0.25, 0.3) is 0 Å². The number of nitrogens with two attached hydrogens (primary N) is 2. The van der Waals surface area contributed by atoms with Gasteiger partial charge in [-0.3, -0.25) is 24.0 Å². The molecule has 0 saturated carbocycles. The Labute approximate surface area is 157 Å². The minimum Gasteiger partial charge on any atom is -0.480 e. The molecule has 27 heavy (non-hydrogen) atoms. The molecule has 0 radical (unpaired) electrons. The molecule has 0 aromatic rings. The number of primary amides is 1. The number of carbonyl (C=O) groups excluding carboxylic acids is 4. The molecule has 0 aliphatic carbocycles.